The van der Waals surface area contributed by atoms with Crippen LogP contribution in [0.15, 0.2) is 317 Å². The number of aromatic nitrogens is 5. The summed E-state index contributed by atoms with van der Waals surface area (Å²) in [4.78, 5) is 0. The van der Waals surface area contributed by atoms with Crippen LogP contribution in [0.3, 0.4) is 0 Å². The standard InChI is InChI=1S/C43H20B2N2O4.C43H24Br2N2O4.C18H9BrFNO.C7H8O2/c1-19-42-26(44-24-10-2-6-20-22-8-4-12-30-38(22)46(36(20)24)40-32(48-30)16-14-28(50-42)34(40)44)18-27-43(19)51-29-15-17-33-41-35(29)45(27)25-11-3-7-21-23-9-5-13-31(49-33)39(23)47(41)37(21)25;1-23-30(48-32-19-21-36-42(38(32)44)46-28-13-4-2-9-24(28)26-11-6-17-34(50-36)40(26)46)15-8-16-31(23)49-33-20-22-37-43(39(33)45)47-29-14-5-3-10-25(29)27-12-7-18-35(51-37)41(27)47;19-16-12(20)8-9-15-18(16)21-13-6-2-1-4-10(13)11-5-3-7-14(22-15)17(11)21;1-5-6(8)3-2-4-7(5)9/h2-18H,1H3;2-22H,1H3;1-9H;2-4,8-9H,1H3. The van der Waals surface area contributed by atoms with Crippen molar-refractivity contribution in [1.29, 1.82) is 0 Å². The molecule has 0 radical (unpaired) electrons. The highest BCUT2D eigenvalue weighted by Crippen LogP contribution is 2.58. The van der Waals surface area contributed by atoms with E-state index in [4.69, 9.17) is 52.8 Å². The number of nitrogens with zero attached hydrogens (tertiary/aromatic N) is 5. The lowest BCUT2D eigenvalue weighted by Gasteiger charge is -2.39. The molecule has 23 aromatic rings. The van der Waals surface area contributed by atoms with E-state index >= 15 is 0 Å². The van der Waals surface area contributed by atoms with Gasteiger partial charge in [0.1, 0.15) is 80.4 Å². The number of hydrogen-bond donors (Lipinski definition) is 2. The summed E-state index contributed by atoms with van der Waals surface area (Å²) in [5.41, 5.74) is 25.3. The zero-order chi connectivity index (χ0) is 88.2. The third-order valence-electron chi connectivity index (χ3n) is 27.9. The molecule has 18 aromatic carbocycles. The third-order valence-corrected chi connectivity index (χ3v) is 30.2. The van der Waals surface area contributed by atoms with Crippen LogP contribution in [0.5, 0.6) is 115 Å². The van der Waals surface area contributed by atoms with Crippen LogP contribution >= 0.6 is 47.8 Å². The van der Waals surface area contributed by atoms with E-state index in [0.717, 1.165) is 205 Å². The molecule has 5 aromatic heterocycles. The van der Waals surface area contributed by atoms with Crippen LogP contribution < -0.4 is 75.4 Å². The first-order valence-corrected chi connectivity index (χ1v) is 46.2. The summed E-state index contributed by atoms with van der Waals surface area (Å²) < 4.78 is 87.0. The molecule has 0 aliphatic carbocycles. The Bertz CT molecular complexity index is 8970. The number of fused-ring (bicyclic) bond motifs is 23. The van der Waals surface area contributed by atoms with E-state index in [1.807, 2.05) is 104 Å². The molecule has 22 heteroatoms. The maximum atomic E-state index is 14.1. The molecule has 0 unspecified atom stereocenters. The smallest absolute Gasteiger partial charge is 0.256 e. The van der Waals surface area contributed by atoms with E-state index in [1.54, 1.807) is 19.1 Å². The van der Waals surface area contributed by atoms with Crippen molar-refractivity contribution in [3.63, 3.8) is 0 Å². The number of rotatable bonds is 4. The minimum Gasteiger partial charge on any atom is -0.508 e. The normalized spacial score (nSPS) is 13.2. The zero-order valence-electron chi connectivity index (χ0n) is 70.3. The van der Waals surface area contributed by atoms with Gasteiger partial charge in [-0.2, -0.15) is 0 Å². The molecule has 2 N–H and O–H groups in total. The summed E-state index contributed by atoms with van der Waals surface area (Å²) in [6, 6.07) is 102. The van der Waals surface area contributed by atoms with Gasteiger partial charge in [-0.15, -0.1) is 0 Å². The number of ether oxygens (including phenoxy) is 9. The highest BCUT2D eigenvalue weighted by molar-refractivity contribution is 9.11. The first kappa shape index (κ1) is 75.1. The van der Waals surface area contributed by atoms with Gasteiger partial charge >= 0.3 is 0 Å². The number of aromatic hydroxyl groups is 2. The minimum absolute atomic E-state index is 0.0452. The van der Waals surface area contributed by atoms with Crippen LogP contribution in [0.1, 0.15) is 16.7 Å². The van der Waals surface area contributed by atoms with Gasteiger partial charge in [0.25, 0.3) is 13.4 Å². The molecule has 0 amide bonds. The van der Waals surface area contributed by atoms with E-state index in [1.165, 1.54) is 72.5 Å². The maximum Gasteiger partial charge on any atom is 0.256 e. The molecule has 9 aliphatic heterocycles. The van der Waals surface area contributed by atoms with Gasteiger partial charge in [-0.25, -0.2) is 4.39 Å². The van der Waals surface area contributed by atoms with Crippen LogP contribution in [-0.2, 0) is 0 Å². The summed E-state index contributed by atoms with van der Waals surface area (Å²) in [5, 5.41) is 29.7. The summed E-state index contributed by atoms with van der Waals surface area (Å²) in [5.74, 6) is 14.3. The quantitative estimate of drug-likeness (QED) is 0.162. The van der Waals surface area contributed by atoms with Crippen molar-refractivity contribution < 1.29 is 57.2 Å². The van der Waals surface area contributed by atoms with Crippen molar-refractivity contribution in [3.8, 4) is 143 Å². The van der Waals surface area contributed by atoms with Crippen molar-refractivity contribution in [2.45, 2.75) is 20.8 Å². The van der Waals surface area contributed by atoms with Gasteiger partial charge in [-0.3, -0.25) is 0 Å². The lowest BCUT2D eigenvalue weighted by Crippen LogP contribution is -2.62. The van der Waals surface area contributed by atoms with Crippen LogP contribution in [0.2, 0.25) is 0 Å². The molecule has 630 valence electrons. The van der Waals surface area contributed by atoms with Crippen molar-refractivity contribution in [2.24, 2.45) is 0 Å². The van der Waals surface area contributed by atoms with Crippen molar-refractivity contribution >= 4 is 203 Å². The Morgan fingerprint density at radius 1 is 0.256 bits per heavy atom. The molecule has 0 atom stereocenters. The average molecular weight is 1920 g/mol. The van der Waals surface area contributed by atoms with Gasteiger partial charge in [-0.1, -0.05) is 170 Å². The molecular formula is C111H61B2Br3FN5O11. The zero-order valence-corrected chi connectivity index (χ0v) is 75.1. The van der Waals surface area contributed by atoms with Crippen molar-refractivity contribution in [3.05, 3.63) is 339 Å². The largest absolute Gasteiger partial charge is 0.508 e. The van der Waals surface area contributed by atoms with Crippen LogP contribution in [-0.4, -0.2) is 46.5 Å². The SMILES string of the molecule is Cc1c(O)cccc1O.Cc1c(Oc2ccc3c(c2Br)-n2c4ccccc4c4cccc(c42)O3)cccc1Oc1ccc2c(c1Br)-n1c3ccccc3c3cccc(c31)O2.Cc1c2c(cc3c1Oc1ccc4c5c1B3c1cccc3c6cccc(c6n-5c13)O4)B1c3c(ccc4c3-n3c5c(cccc5c5cccc1c53)O4)O2.Fc1ccc2c(c1Br)-n1c3ccccc3c3cccc(c31)O2. The average Bonchev–Trinajstić information content (AvgIpc) is 1.58. The van der Waals surface area contributed by atoms with E-state index in [9.17, 15) is 4.39 Å². The Balaban J connectivity index is 0.0000000989. The third kappa shape index (κ3) is 10.1. The van der Waals surface area contributed by atoms with Gasteiger partial charge in [0.2, 0.25) is 0 Å². The lowest BCUT2D eigenvalue weighted by molar-refractivity contribution is 0.443. The Morgan fingerprint density at radius 2 is 0.564 bits per heavy atom. The number of halogens is 4. The molecule has 0 saturated heterocycles. The van der Waals surface area contributed by atoms with E-state index in [-0.39, 0.29) is 30.7 Å². The first-order chi connectivity index (χ1) is 65.2. The second kappa shape index (κ2) is 27.2. The fourth-order valence-corrected chi connectivity index (χ4v) is 24.0. The summed E-state index contributed by atoms with van der Waals surface area (Å²) >= 11 is 11.2. The Hall–Kier alpha value is -15.7. The molecule has 16 nitrogen and oxygen atoms in total. The van der Waals surface area contributed by atoms with Crippen LogP contribution in [0.4, 0.5) is 4.39 Å². The second-order valence-electron chi connectivity index (χ2n) is 34.7. The highest BCUT2D eigenvalue weighted by Gasteiger charge is 2.50. The summed E-state index contributed by atoms with van der Waals surface area (Å²) in [6.07, 6.45) is 0. The van der Waals surface area contributed by atoms with Gasteiger partial charge in [0, 0.05) is 92.5 Å². The fourth-order valence-electron chi connectivity index (χ4n) is 22.3. The Kier molecular flexibility index (Phi) is 15.4. The van der Waals surface area contributed by atoms with Gasteiger partial charge in [-0.05, 0) is 224 Å². The molecule has 0 bridgehead atoms. The molecule has 133 heavy (non-hydrogen) atoms. The van der Waals surface area contributed by atoms with E-state index in [0.29, 0.717) is 44.5 Å². The molecule has 0 fully saturated rings. The maximum absolute atomic E-state index is 14.1. The van der Waals surface area contributed by atoms with Crippen molar-refractivity contribution in [1.82, 2.24) is 22.8 Å². The topological polar surface area (TPSA) is 148 Å². The fraction of sp³-hybridized carbons (Fsp3) is 0.0270. The molecule has 9 aliphatic rings. The number of phenolic OH excluding ortho intramolecular Hbond substituents is 2. The van der Waals surface area contributed by atoms with Gasteiger partial charge < -0.3 is 75.7 Å². The summed E-state index contributed by atoms with van der Waals surface area (Å²) in [6.45, 7) is 5.74. The lowest BCUT2D eigenvalue weighted by atomic mass is 9.31. The van der Waals surface area contributed by atoms with Crippen LogP contribution in [0, 0.1) is 26.6 Å². The number of para-hydroxylation sites is 10. The number of phenols is 2. The van der Waals surface area contributed by atoms with Gasteiger partial charge in [0.15, 0.2) is 57.5 Å². The monoisotopic (exact) mass is 1920 g/mol. The van der Waals surface area contributed by atoms with E-state index < -0.39 is 0 Å². The molecule has 14 heterocycles. The number of hydrogen-bond acceptors (Lipinski definition) is 11. The van der Waals surface area contributed by atoms with Crippen molar-refractivity contribution in [2.75, 3.05) is 0 Å². The second-order valence-corrected chi connectivity index (χ2v) is 37.1. The molecular weight excluding hydrogens is 1860 g/mol. The molecule has 32 rings (SSSR count). The van der Waals surface area contributed by atoms with Crippen LogP contribution in [0.25, 0.3) is 137 Å². The van der Waals surface area contributed by atoms with Gasteiger partial charge in [0.05, 0.1) is 68.9 Å². The van der Waals surface area contributed by atoms with E-state index in [2.05, 4.69) is 253 Å². The summed E-state index contributed by atoms with van der Waals surface area (Å²) in [7, 11) is 0. The number of benzene rings is 18. The molecule has 0 spiro atoms. The first-order valence-electron chi connectivity index (χ1n) is 43.8. The Labute approximate surface area is 780 Å². The predicted molar refractivity (Wildman–Crippen MR) is 534 cm³/mol. The Morgan fingerprint density at radius 3 is 0.962 bits per heavy atom. The molecule has 0 saturated carbocycles. The minimum atomic E-state index is -0.298. The highest BCUT2D eigenvalue weighted by atomic mass is 79.9. The predicted octanol–water partition coefficient (Wildman–Crippen LogP) is 27.0.